The van der Waals surface area contributed by atoms with E-state index in [1.54, 1.807) is 12.4 Å². The number of carboxylic acids is 2. The second kappa shape index (κ2) is 15.2. The summed E-state index contributed by atoms with van der Waals surface area (Å²) in [7, 11) is 0. The SMILES string of the molecule is CC(C)CC(NC(=O)C(N)Cc1c[nH]c2ccccc12)C(=O)NC(CCC(=O)O)C(=O)NC(Cc1c[nH]c2ccccc12)C(=O)O. The van der Waals surface area contributed by atoms with E-state index in [2.05, 4.69) is 25.9 Å². The fourth-order valence-electron chi connectivity index (χ4n) is 5.41. The first kappa shape index (κ1) is 33.7. The highest BCUT2D eigenvalue weighted by molar-refractivity contribution is 5.95. The van der Waals surface area contributed by atoms with Crippen molar-refractivity contribution in [3.63, 3.8) is 0 Å². The number of para-hydroxylation sites is 2. The molecule has 0 saturated heterocycles. The number of aromatic amines is 2. The van der Waals surface area contributed by atoms with E-state index in [9.17, 15) is 34.2 Å². The smallest absolute Gasteiger partial charge is 0.326 e. The Labute approximate surface area is 265 Å². The van der Waals surface area contributed by atoms with Crippen LogP contribution in [0.15, 0.2) is 60.9 Å². The molecule has 0 saturated carbocycles. The van der Waals surface area contributed by atoms with Gasteiger partial charge in [0.15, 0.2) is 0 Å². The fourth-order valence-corrected chi connectivity index (χ4v) is 5.41. The van der Waals surface area contributed by atoms with Crippen LogP contribution in [-0.4, -0.2) is 74.0 Å². The predicted octanol–water partition coefficient (Wildman–Crippen LogP) is 2.21. The Bertz CT molecular complexity index is 1710. The van der Waals surface area contributed by atoms with Crippen LogP contribution in [0.25, 0.3) is 21.8 Å². The quantitative estimate of drug-likeness (QED) is 0.0913. The van der Waals surface area contributed by atoms with Gasteiger partial charge in [0.2, 0.25) is 17.7 Å². The van der Waals surface area contributed by atoms with E-state index >= 15 is 0 Å². The normalized spacial score (nSPS) is 14.0. The number of nitrogens with two attached hydrogens (primary N) is 1. The van der Waals surface area contributed by atoms with Crippen LogP contribution >= 0.6 is 0 Å². The van der Waals surface area contributed by atoms with Crippen LogP contribution in [0.3, 0.4) is 0 Å². The number of amides is 3. The fraction of sp³-hybridized carbons (Fsp3) is 0.364. The molecule has 0 fully saturated rings. The summed E-state index contributed by atoms with van der Waals surface area (Å²) in [5.41, 5.74) is 9.45. The number of rotatable bonds is 16. The molecular formula is C33H40N6O7. The molecule has 4 rings (SSSR count). The van der Waals surface area contributed by atoms with E-state index < -0.39 is 60.2 Å². The minimum Gasteiger partial charge on any atom is -0.481 e. The Hall–Kier alpha value is -5.17. The Morgan fingerprint density at radius 3 is 1.76 bits per heavy atom. The van der Waals surface area contributed by atoms with Crippen LogP contribution in [0.1, 0.15) is 44.2 Å². The zero-order chi connectivity index (χ0) is 33.4. The summed E-state index contributed by atoms with van der Waals surface area (Å²) in [5, 5.41) is 28.6. The van der Waals surface area contributed by atoms with Crippen LogP contribution in [0.4, 0.5) is 0 Å². The third kappa shape index (κ3) is 8.72. The molecule has 0 aliphatic carbocycles. The number of aromatic nitrogens is 2. The second-order valence-electron chi connectivity index (χ2n) is 11.8. The number of benzene rings is 2. The van der Waals surface area contributed by atoms with Gasteiger partial charge in [-0.1, -0.05) is 50.2 Å². The molecule has 4 unspecified atom stereocenters. The van der Waals surface area contributed by atoms with Crippen LogP contribution in [0, 0.1) is 5.92 Å². The molecule has 2 heterocycles. The second-order valence-corrected chi connectivity index (χ2v) is 11.8. The van der Waals surface area contributed by atoms with Crippen LogP contribution in [0.5, 0.6) is 0 Å². The summed E-state index contributed by atoms with van der Waals surface area (Å²) in [6.45, 7) is 3.71. The molecule has 0 radical (unpaired) electrons. The topological polar surface area (TPSA) is 219 Å². The summed E-state index contributed by atoms with van der Waals surface area (Å²) in [6, 6.07) is 10.1. The van der Waals surface area contributed by atoms with Crippen molar-refractivity contribution in [1.29, 1.82) is 0 Å². The maximum absolute atomic E-state index is 13.5. The van der Waals surface area contributed by atoms with Gasteiger partial charge >= 0.3 is 11.9 Å². The van der Waals surface area contributed by atoms with E-state index in [1.165, 1.54) is 0 Å². The summed E-state index contributed by atoms with van der Waals surface area (Å²) < 4.78 is 0. The number of carbonyl (C=O) groups excluding carboxylic acids is 3. The minimum absolute atomic E-state index is 0.0419. The molecule has 9 N–H and O–H groups in total. The lowest BCUT2D eigenvalue weighted by molar-refractivity contribution is -0.143. The molecule has 2 aromatic carbocycles. The predicted molar refractivity (Wildman–Crippen MR) is 172 cm³/mol. The lowest BCUT2D eigenvalue weighted by Gasteiger charge is -2.26. The van der Waals surface area contributed by atoms with Crippen molar-refractivity contribution in [1.82, 2.24) is 25.9 Å². The van der Waals surface area contributed by atoms with Crippen molar-refractivity contribution in [3.8, 4) is 0 Å². The molecule has 0 aliphatic rings. The maximum Gasteiger partial charge on any atom is 0.326 e. The number of hydrogen-bond acceptors (Lipinski definition) is 6. The van der Waals surface area contributed by atoms with Crippen LogP contribution in [-0.2, 0) is 36.8 Å². The van der Waals surface area contributed by atoms with Gasteiger partial charge in [-0.05, 0) is 48.4 Å². The maximum atomic E-state index is 13.5. The highest BCUT2D eigenvalue weighted by Crippen LogP contribution is 2.20. The number of aliphatic carboxylic acids is 2. The Morgan fingerprint density at radius 1 is 0.717 bits per heavy atom. The van der Waals surface area contributed by atoms with Crippen LogP contribution in [0.2, 0.25) is 0 Å². The van der Waals surface area contributed by atoms with E-state index in [0.717, 1.165) is 27.4 Å². The van der Waals surface area contributed by atoms with Crippen molar-refractivity contribution < 1.29 is 34.2 Å². The number of nitrogens with one attached hydrogen (secondary N) is 5. The molecule has 46 heavy (non-hydrogen) atoms. The van der Waals surface area contributed by atoms with Crippen LogP contribution < -0.4 is 21.7 Å². The number of hydrogen-bond donors (Lipinski definition) is 8. The molecule has 4 aromatic rings. The monoisotopic (exact) mass is 632 g/mol. The molecule has 2 aromatic heterocycles. The first-order valence-corrected chi connectivity index (χ1v) is 15.1. The molecule has 244 valence electrons. The largest absolute Gasteiger partial charge is 0.481 e. The van der Waals surface area contributed by atoms with Gasteiger partial charge in [-0.25, -0.2) is 4.79 Å². The Balaban J connectivity index is 1.45. The van der Waals surface area contributed by atoms with Crippen molar-refractivity contribution in [3.05, 3.63) is 72.1 Å². The molecule has 0 aliphatic heterocycles. The van der Waals surface area contributed by atoms with E-state index in [1.807, 2.05) is 62.4 Å². The molecule has 13 heteroatoms. The molecule has 13 nitrogen and oxygen atoms in total. The molecule has 3 amide bonds. The van der Waals surface area contributed by atoms with E-state index in [4.69, 9.17) is 5.73 Å². The van der Waals surface area contributed by atoms with Gasteiger partial charge in [-0.3, -0.25) is 19.2 Å². The summed E-state index contributed by atoms with van der Waals surface area (Å²) in [6.07, 6.45) is 3.06. The first-order valence-electron chi connectivity index (χ1n) is 15.1. The van der Waals surface area contributed by atoms with Crippen molar-refractivity contribution in [2.24, 2.45) is 11.7 Å². The molecule has 4 atom stereocenters. The Morgan fingerprint density at radius 2 is 1.22 bits per heavy atom. The number of H-pyrrole nitrogens is 2. The highest BCUT2D eigenvalue weighted by atomic mass is 16.4. The summed E-state index contributed by atoms with van der Waals surface area (Å²) in [5.74, 6) is -4.67. The Kier molecular flexibility index (Phi) is 11.2. The van der Waals surface area contributed by atoms with Gasteiger partial charge in [0.05, 0.1) is 6.04 Å². The van der Waals surface area contributed by atoms with Crippen molar-refractivity contribution in [2.45, 2.75) is 70.1 Å². The highest BCUT2D eigenvalue weighted by Gasteiger charge is 2.31. The number of fused-ring (bicyclic) bond motifs is 2. The average Bonchev–Trinajstić information content (AvgIpc) is 3.62. The average molecular weight is 633 g/mol. The third-order valence-corrected chi connectivity index (χ3v) is 7.79. The van der Waals surface area contributed by atoms with Crippen molar-refractivity contribution >= 4 is 51.5 Å². The minimum atomic E-state index is -1.38. The molecule has 0 bridgehead atoms. The lowest BCUT2D eigenvalue weighted by Crippen LogP contribution is -2.57. The van der Waals surface area contributed by atoms with Crippen molar-refractivity contribution in [2.75, 3.05) is 0 Å². The zero-order valence-corrected chi connectivity index (χ0v) is 25.7. The molecule has 0 spiro atoms. The summed E-state index contributed by atoms with van der Waals surface area (Å²) >= 11 is 0. The first-order chi connectivity index (χ1) is 21.9. The van der Waals surface area contributed by atoms with Gasteiger partial charge < -0.3 is 41.9 Å². The third-order valence-electron chi connectivity index (χ3n) is 7.79. The standard InChI is InChI=1S/C33H40N6O7/c1-18(2)13-27(38-30(42)23(34)14-19-16-35-24-9-5-3-7-21(19)24)32(44)37-26(11-12-29(40)41)31(43)39-28(33(45)46)15-20-17-36-25-10-6-4-8-22(20)25/h3-10,16-18,23,26-28,35-36H,11-15,34H2,1-2H3,(H,37,44)(H,38,42)(H,39,43)(H,40,41)(H,45,46). The number of carboxylic acid groups (broad SMARTS) is 2. The summed E-state index contributed by atoms with van der Waals surface area (Å²) in [4.78, 5) is 69.7. The molecular weight excluding hydrogens is 592 g/mol. The van der Waals surface area contributed by atoms with Gasteiger partial charge in [0, 0.05) is 47.0 Å². The zero-order valence-electron chi connectivity index (χ0n) is 25.7. The lowest BCUT2D eigenvalue weighted by atomic mass is 10.00. The van der Waals surface area contributed by atoms with E-state index in [0.29, 0.717) is 5.56 Å². The van der Waals surface area contributed by atoms with Gasteiger partial charge in [0.1, 0.15) is 18.1 Å². The van der Waals surface area contributed by atoms with Gasteiger partial charge in [-0.2, -0.15) is 0 Å². The van der Waals surface area contributed by atoms with Gasteiger partial charge in [-0.15, -0.1) is 0 Å². The van der Waals surface area contributed by atoms with Gasteiger partial charge in [0.25, 0.3) is 0 Å². The van der Waals surface area contributed by atoms with E-state index in [-0.39, 0.29) is 31.6 Å². The number of carbonyl (C=O) groups is 5.